The summed E-state index contributed by atoms with van der Waals surface area (Å²) in [6.45, 7) is 1.33. The van der Waals surface area contributed by atoms with E-state index in [0.717, 1.165) is 0 Å². The van der Waals surface area contributed by atoms with Crippen molar-refractivity contribution in [3.05, 3.63) is 0 Å². The van der Waals surface area contributed by atoms with Gasteiger partial charge >= 0.3 is 6.09 Å². The number of carbonyl (C=O) groups excluding carboxylic acids is 2. The van der Waals surface area contributed by atoms with Gasteiger partial charge in [0.1, 0.15) is 0 Å². The Morgan fingerprint density at radius 2 is 2.06 bits per heavy atom. The summed E-state index contributed by atoms with van der Waals surface area (Å²) >= 11 is 0. The summed E-state index contributed by atoms with van der Waals surface area (Å²) in [6.07, 6.45) is 0.952. The molecule has 0 atom stereocenters. The molecule has 1 rings (SSSR count). The van der Waals surface area contributed by atoms with Crippen molar-refractivity contribution in [3.63, 3.8) is 0 Å². The number of hydrogen-bond donors (Lipinski definition) is 2. The molecule has 0 spiro atoms. The number of hydrogen-bond acceptors (Lipinski definition) is 4. The molecule has 0 aromatic rings. The van der Waals surface area contributed by atoms with Gasteiger partial charge < -0.3 is 20.1 Å². The van der Waals surface area contributed by atoms with Crippen molar-refractivity contribution < 1.29 is 19.4 Å². The van der Waals surface area contributed by atoms with Crippen molar-refractivity contribution in [3.8, 4) is 0 Å². The van der Waals surface area contributed by atoms with Gasteiger partial charge in [-0.15, -0.1) is 0 Å². The van der Waals surface area contributed by atoms with Crippen LogP contribution in [0.1, 0.15) is 12.8 Å². The highest BCUT2D eigenvalue weighted by atomic mass is 16.5. The third-order valence-corrected chi connectivity index (χ3v) is 2.71. The van der Waals surface area contributed by atoms with E-state index in [1.807, 2.05) is 0 Å². The molecule has 16 heavy (non-hydrogen) atoms. The van der Waals surface area contributed by atoms with Crippen LogP contribution in [0.4, 0.5) is 4.79 Å². The molecule has 0 unspecified atom stereocenters. The molecule has 92 valence electrons. The molecule has 6 heteroatoms. The lowest BCUT2D eigenvalue weighted by atomic mass is 9.96. The molecule has 0 aromatic heterocycles. The van der Waals surface area contributed by atoms with Gasteiger partial charge in [-0.25, -0.2) is 4.79 Å². The van der Waals surface area contributed by atoms with Crippen LogP contribution in [0.2, 0.25) is 0 Å². The normalized spacial score (nSPS) is 17.0. The number of nitrogens with zero attached hydrogens (tertiary/aromatic N) is 1. The maximum Gasteiger partial charge on any atom is 0.409 e. The van der Waals surface area contributed by atoms with Crippen LogP contribution in [0.25, 0.3) is 0 Å². The number of carbonyl (C=O) groups is 2. The number of rotatable bonds is 3. The topological polar surface area (TPSA) is 78.9 Å². The quantitative estimate of drug-likeness (QED) is 0.689. The molecule has 1 saturated heterocycles. The van der Waals surface area contributed by atoms with Crippen molar-refractivity contribution in [2.75, 3.05) is 33.4 Å². The SMILES string of the molecule is COC(=O)N1CCC(C(=O)NCCO)CC1. The summed E-state index contributed by atoms with van der Waals surface area (Å²) in [6, 6.07) is 0. The zero-order valence-electron chi connectivity index (χ0n) is 9.44. The van der Waals surface area contributed by atoms with Crippen LogP contribution < -0.4 is 5.32 Å². The van der Waals surface area contributed by atoms with Gasteiger partial charge in [0.25, 0.3) is 0 Å². The van der Waals surface area contributed by atoms with E-state index in [9.17, 15) is 9.59 Å². The van der Waals surface area contributed by atoms with Crippen molar-refractivity contribution in [2.24, 2.45) is 5.92 Å². The molecule has 0 saturated carbocycles. The molecule has 1 heterocycles. The molecular formula is C10H18N2O4. The van der Waals surface area contributed by atoms with Crippen LogP contribution in [-0.2, 0) is 9.53 Å². The fourth-order valence-electron chi connectivity index (χ4n) is 1.78. The van der Waals surface area contributed by atoms with Gasteiger partial charge in [0.15, 0.2) is 0 Å². The fraction of sp³-hybridized carbons (Fsp3) is 0.800. The third kappa shape index (κ3) is 3.37. The van der Waals surface area contributed by atoms with E-state index in [1.54, 1.807) is 4.90 Å². The van der Waals surface area contributed by atoms with E-state index >= 15 is 0 Å². The van der Waals surface area contributed by atoms with Gasteiger partial charge in [-0.3, -0.25) is 4.79 Å². The Bertz CT molecular complexity index is 249. The van der Waals surface area contributed by atoms with Crippen LogP contribution in [0.15, 0.2) is 0 Å². The lowest BCUT2D eigenvalue weighted by molar-refractivity contribution is -0.126. The van der Waals surface area contributed by atoms with E-state index in [0.29, 0.717) is 25.9 Å². The molecular weight excluding hydrogens is 212 g/mol. The van der Waals surface area contributed by atoms with E-state index in [-0.39, 0.29) is 31.1 Å². The predicted octanol–water partition coefficient (Wildman–Crippen LogP) is -0.427. The smallest absolute Gasteiger partial charge is 0.409 e. The number of nitrogens with one attached hydrogen (secondary N) is 1. The zero-order chi connectivity index (χ0) is 12.0. The minimum atomic E-state index is -0.339. The zero-order valence-corrected chi connectivity index (χ0v) is 9.44. The molecule has 6 nitrogen and oxygen atoms in total. The molecule has 1 fully saturated rings. The van der Waals surface area contributed by atoms with Gasteiger partial charge in [-0.1, -0.05) is 0 Å². The van der Waals surface area contributed by atoms with Gasteiger partial charge in [0.2, 0.25) is 5.91 Å². The lowest BCUT2D eigenvalue weighted by Crippen LogP contribution is -2.43. The van der Waals surface area contributed by atoms with E-state index in [1.165, 1.54) is 7.11 Å². The molecule has 0 aliphatic carbocycles. The highest BCUT2D eigenvalue weighted by molar-refractivity contribution is 5.79. The largest absolute Gasteiger partial charge is 0.453 e. The van der Waals surface area contributed by atoms with Crippen molar-refractivity contribution in [2.45, 2.75) is 12.8 Å². The van der Waals surface area contributed by atoms with E-state index < -0.39 is 0 Å². The molecule has 2 amide bonds. The Kier molecular flexibility index (Phi) is 5.04. The van der Waals surface area contributed by atoms with E-state index in [4.69, 9.17) is 5.11 Å². The second-order valence-electron chi connectivity index (χ2n) is 3.75. The number of methoxy groups -OCH3 is 1. The molecule has 1 aliphatic heterocycles. The minimum Gasteiger partial charge on any atom is -0.453 e. The van der Waals surface area contributed by atoms with Crippen LogP contribution in [0.5, 0.6) is 0 Å². The van der Waals surface area contributed by atoms with Gasteiger partial charge in [0, 0.05) is 25.6 Å². The Hall–Kier alpha value is -1.30. The predicted molar refractivity (Wildman–Crippen MR) is 56.8 cm³/mol. The summed E-state index contributed by atoms with van der Waals surface area (Å²) in [7, 11) is 1.35. The minimum absolute atomic E-state index is 0.0430. The fourth-order valence-corrected chi connectivity index (χ4v) is 1.78. The maximum absolute atomic E-state index is 11.5. The van der Waals surface area contributed by atoms with Crippen LogP contribution in [0, 0.1) is 5.92 Å². The number of likely N-dealkylation sites (tertiary alicyclic amines) is 1. The van der Waals surface area contributed by atoms with Gasteiger partial charge in [-0.05, 0) is 12.8 Å². The Labute approximate surface area is 94.6 Å². The third-order valence-electron chi connectivity index (χ3n) is 2.71. The first-order chi connectivity index (χ1) is 7.69. The second-order valence-corrected chi connectivity index (χ2v) is 3.75. The maximum atomic E-state index is 11.5. The Morgan fingerprint density at radius 1 is 1.44 bits per heavy atom. The first-order valence-corrected chi connectivity index (χ1v) is 5.40. The molecule has 0 bridgehead atoms. The summed E-state index contributed by atoms with van der Waals surface area (Å²) in [5.74, 6) is -0.106. The first kappa shape index (κ1) is 12.8. The highest BCUT2D eigenvalue weighted by Crippen LogP contribution is 2.17. The average molecular weight is 230 g/mol. The second kappa shape index (κ2) is 6.32. The van der Waals surface area contributed by atoms with E-state index in [2.05, 4.69) is 10.1 Å². The molecule has 2 N–H and O–H groups in total. The Balaban J connectivity index is 2.31. The highest BCUT2D eigenvalue weighted by Gasteiger charge is 2.27. The van der Waals surface area contributed by atoms with Crippen LogP contribution in [-0.4, -0.2) is 55.4 Å². The van der Waals surface area contributed by atoms with Gasteiger partial charge in [-0.2, -0.15) is 0 Å². The van der Waals surface area contributed by atoms with Gasteiger partial charge in [0.05, 0.1) is 13.7 Å². The molecule has 1 aliphatic rings. The lowest BCUT2D eigenvalue weighted by Gasteiger charge is -2.30. The number of ether oxygens (including phenoxy) is 1. The number of piperidine rings is 1. The summed E-state index contributed by atoms with van der Waals surface area (Å²) in [4.78, 5) is 24.3. The standard InChI is InChI=1S/C10H18N2O4/c1-16-10(15)12-5-2-8(3-6-12)9(14)11-4-7-13/h8,13H,2-7H2,1H3,(H,11,14). The number of aliphatic hydroxyl groups excluding tert-OH is 1. The van der Waals surface area contributed by atoms with Crippen molar-refractivity contribution in [1.82, 2.24) is 10.2 Å². The van der Waals surface area contributed by atoms with Crippen molar-refractivity contribution >= 4 is 12.0 Å². The summed E-state index contributed by atoms with van der Waals surface area (Å²) < 4.78 is 4.60. The van der Waals surface area contributed by atoms with Crippen LogP contribution in [0.3, 0.4) is 0 Å². The number of aliphatic hydroxyl groups is 1. The average Bonchev–Trinajstić information content (AvgIpc) is 2.35. The molecule has 0 aromatic carbocycles. The summed E-state index contributed by atoms with van der Waals surface area (Å²) in [5, 5.41) is 11.2. The monoisotopic (exact) mass is 230 g/mol. The van der Waals surface area contributed by atoms with Crippen molar-refractivity contribution in [1.29, 1.82) is 0 Å². The summed E-state index contributed by atoms with van der Waals surface area (Å²) in [5.41, 5.74) is 0. The first-order valence-electron chi connectivity index (χ1n) is 5.40. The Morgan fingerprint density at radius 3 is 2.56 bits per heavy atom. The molecule has 0 radical (unpaired) electrons. The number of amides is 2. The van der Waals surface area contributed by atoms with Crippen LogP contribution >= 0.6 is 0 Å².